The van der Waals surface area contributed by atoms with E-state index in [1.54, 1.807) is 41.7 Å². The highest BCUT2D eigenvalue weighted by atomic mass is 32.1. The number of hydrogen-bond acceptors (Lipinski definition) is 5. The SMILES string of the molecule is Cc1ccc(/C=C/C(=O)c2ccc(OCC(=O)[O-])cc2)s1. The fraction of sp³-hybridized carbons (Fsp3) is 0.125. The third-order valence-electron chi connectivity index (χ3n) is 2.66. The lowest BCUT2D eigenvalue weighted by Gasteiger charge is -2.06. The standard InChI is InChI=1S/C16H14O4S/c1-11-2-7-14(21-11)8-9-15(17)12-3-5-13(6-4-12)20-10-16(18)19/h2-9H,10H2,1H3,(H,18,19)/p-1/b9-8+. The molecule has 5 heteroatoms. The molecule has 0 bridgehead atoms. The molecular formula is C16H13O4S-. The predicted octanol–water partition coefficient (Wildman–Crippen LogP) is 2.08. The fourth-order valence-corrected chi connectivity index (χ4v) is 2.43. The van der Waals surface area contributed by atoms with E-state index < -0.39 is 12.6 Å². The van der Waals surface area contributed by atoms with E-state index in [2.05, 4.69) is 0 Å². The molecule has 1 heterocycles. The second kappa shape index (κ2) is 6.85. The molecular weight excluding hydrogens is 288 g/mol. The molecule has 0 aliphatic rings. The zero-order chi connectivity index (χ0) is 15.2. The second-order valence-electron chi connectivity index (χ2n) is 4.33. The molecule has 0 fully saturated rings. The minimum atomic E-state index is -1.29. The van der Waals surface area contributed by atoms with E-state index in [0.717, 1.165) is 4.88 Å². The number of thiophene rings is 1. The van der Waals surface area contributed by atoms with Gasteiger partial charge in [0.2, 0.25) is 0 Å². The average molecular weight is 301 g/mol. The Bertz CT molecular complexity index is 668. The molecule has 0 saturated carbocycles. The first-order valence-electron chi connectivity index (χ1n) is 6.26. The Morgan fingerprint density at radius 3 is 2.48 bits per heavy atom. The molecule has 0 spiro atoms. The first-order chi connectivity index (χ1) is 10.0. The Morgan fingerprint density at radius 1 is 1.19 bits per heavy atom. The number of hydrogen-bond donors (Lipinski definition) is 0. The highest BCUT2D eigenvalue weighted by Gasteiger charge is 2.03. The van der Waals surface area contributed by atoms with Crippen LogP contribution in [0.1, 0.15) is 20.1 Å². The normalized spacial score (nSPS) is 10.7. The van der Waals surface area contributed by atoms with Gasteiger partial charge in [-0.25, -0.2) is 0 Å². The van der Waals surface area contributed by atoms with Crippen LogP contribution in [0, 0.1) is 6.92 Å². The molecule has 1 aromatic carbocycles. The van der Waals surface area contributed by atoms with Crippen LogP contribution in [-0.4, -0.2) is 18.4 Å². The molecule has 0 amide bonds. The summed E-state index contributed by atoms with van der Waals surface area (Å²) in [4.78, 5) is 24.5. The molecule has 108 valence electrons. The van der Waals surface area contributed by atoms with E-state index in [-0.39, 0.29) is 5.78 Å². The van der Waals surface area contributed by atoms with Gasteiger partial charge in [-0.1, -0.05) is 0 Å². The van der Waals surface area contributed by atoms with Crippen molar-refractivity contribution in [2.45, 2.75) is 6.92 Å². The van der Waals surface area contributed by atoms with Crippen LogP contribution in [-0.2, 0) is 4.79 Å². The number of carbonyl (C=O) groups is 2. The van der Waals surface area contributed by atoms with E-state index in [1.807, 2.05) is 19.1 Å². The van der Waals surface area contributed by atoms with Crippen LogP contribution in [0.25, 0.3) is 6.08 Å². The van der Waals surface area contributed by atoms with E-state index >= 15 is 0 Å². The van der Waals surface area contributed by atoms with Crippen molar-refractivity contribution >= 4 is 29.2 Å². The molecule has 0 unspecified atom stereocenters. The number of aliphatic carboxylic acids is 1. The molecule has 0 saturated heterocycles. The first kappa shape index (κ1) is 15.0. The van der Waals surface area contributed by atoms with Crippen molar-refractivity contribution in [3.8, 4) is 5.75 Å². The summed E-state index contributed by atoms with van der Waals surface area (Å²) in [6.45, 7) is 1.50. The van der Waals surface area contributed by atoms with Crippen molar-refractivity contribution in [3.05, 3.63) is 57.8 Å². The van der Waals surface area contributed by atoms with Crippen LogP contribution in [0.2, 0.25) is 0 Å². The van der Waals surface area contributed by atoms with Crippen LogP contribution in [0.3, 0.4) is 0 Å². The predicted molar refractivity (Wildman–Crippen MR) is 79.4 cm³/mol. The average Bonchev–Trinajstić information content (AvgIpc) is 2.89. The number of rotatable bonds is 6. The van der Waals surface area contributed by atoms with Crippen molar-refractivity contribution in [3.63, 3.8) is 0 Å². The van der Waals surface area contributed by atoms with Gasteiger partial charge in [0, 0.05) is 15.3 Å². The summed E-state index contributed by atoms with van der Waals surface area (Å²) in [6, 6.07) is 10.3. The van der Waals surface area contributed by atoms with E-state index in [0.29, 0.717) is 11.3 Å². The Balaban J connectivity index is 1.99. The molecule has 1 aromatic heterocycles. The summed E-state index contributed by atoms with van der Waals surface area (Å²) in [6.07, 6.45) is 3.29. The number of aryl methyl sites for hydroxylation is 1. The summed E-state index contributed by atoms with van der Waals surface area (Å²) < 4.78 is 4.94. The van der Waals surface area contributed by atoms with Gasteiger partial charge in [-0.15, -0.1) is 11.3 Å². The second-order valence-corrected chi connectivity index (χ2v) is 5.65. The third kappa shape index (κ3) is 4.57. The lowest BCUT2D eigenvalue weighted by molar-refractivity contribution is -0.307. The molecule has 0 aliphatic heterocycles. The van der Waals surface area contributed by atoms with Crippen molar-refractivity contribution in [2.24, 2.45) is 0 Å². The third-order valence-corrected chi connectivity index (χ3v) is 3.62. The van der Waals surface area contributed by atoms with Crippen LogP contribution in [0.15, 0.2) is 42.5 Å². The Morgan fingerprint density at radius 2 is 1.90 bits per heavy atom. The Kier molecular flexibility index (Phi) is 4.90. The number of carbonyl (C=O) groups excluding carboxylic acids is 2. The van der Waals surface area contributed by atoms with Gasteiger partial charge in [0.1, 0.15) is 12.4 Å². The number of carboxylic acids is 1. The van der Waals surface area contributed by atoms with E-state index in [4.69, 9.17) is 4.74 Å². The van der Waals surface area contributed by atoms with Crippen molar-refractivity contribution in [1.82, 2.24) is 0 Å². The number of ketones is 1. The van der Waals surface area contributed by atoms with Gasteiger partial charge >= 0.3 is 0 Å². The Hall–Kier alpha value is -2.40. The zero-order valence-corrected chi connectivity index (χ0v) is 12.2. The largest absolute Gasteiger partial charge is 0.546 e. The number of carboxylic acid groups (broad SMARTS) is 1. The highest BCUT2D eigenvalue weighted by molar-refractivity contribution is 7.12. The summed E-state index contributed by atoms with van der Waals surface area (Å²) in [5.74, 6) is -1.02. The smallest absolute Gasteiger partial charge is 0.185 e. The van der Waals surface area contributed by atoms with Gasteiger partial charge in [-0.05, 0) is 55.5 Å². The number of allylic oxidation sites excluding steroid dienone is 1. The topological polar surface area (TPSA) is 66.4 Å². The van der Waals surface area contributed by atoms with Gasteiger partial charge in [0.25, 0.3) is 0 Å². The van der Waals surface area contributed by atoms with Gasteiger partial charge < -0.3 is 14.6 Å². The molecule has 0 radical (unpaired) electrons. The lowest BCUT2D eigenvalue weighted by atomic mass is 10.1. The van der Waals surface area contributed by atoms with Crippen molar-refractivity contribution in [1.29, 1.82) is 0 Å². The van der Waals surface area contributed by atoms with Crippen LogP contribution in [0.4, 0.5) is 0 Å². The molecule has 21 heavy (non-hydrogen) atoms. The van der Waals surface area contributed by atoms with Gasteiger partial charge in [-0.2, -0.15) is 0 Å². The number of ether oxygens (including phenoxy) is 1. The lowest BCUT2D eigenvalue weighted by Crippen LogP contribution is -2.28. The molecule has 2 rings (SSSR count). The molecule has 0 N–H and O–H groups in total. The molecule has 2 aromatic rings. The molecule has 0 aliphatic carbocycles. The van der Waals surface area contributed by atoms with Gasteiger partial charge in [0.05, 0.1) is 5.97 Å². The van der Waals surface area contributed by atoms with E-state index in [9.17, 15) is 14.7 Å². The number of benzene rings is 1. The summed E-state index contributed by atoms with van der Waals surface area (Å²) in [7, 11) is 0. The minimum Gasteiger partial charge on any atom is -0.546 e. The van der Waals surface area contributed by atoms with Crippen molar-refractivity contribution in [2.75, 3.05) is 6.61 Å². The summed E-state index contributed by atoms with van der Waals surface area (Å²) in [5.41, 5.74) is 0.514. The van der Waals surface area contributed by atoms with Gasteiger partial charge in [0.15, 0.2) is 5.78 Å². The minimum absolute atomic E-state index is 0.118. The van der Waals surface area contributed by atoms with Crippen molar-refractivity contribution < 1.29 is 19.4 Å². The maximum absolute atomic E-state index is 12.0. The quantitative estimate of drug-likeness (QED) is 0.605. The summed E-state index contributed by atoms with van der Waals surface area (Å²) in [5, 5.41) is 10.3. The van der Waals surface area contributed by atoms with Gasteiger partial charge in [-0.3, -0.25) is 4.79 Å². The monoisotopic (exact) mass is 301 g/mol. The Labute approximate surface area is 126 Å². The van der Waals surface area contributed by atoms with Crippen LogP contribution >= 0.6 is 11.3 Å². The summed E-state index contributed by atoms with van der Waals surface area (Å²) >= 11 is 1.62. The van der Waals surface area contributed by atoms with Crippen LogP contribution in [0.5, 0.6) is 5.75 Å². The van der Waals surface area contributed by atoms with E-state index in [1.165, 1.54) is 11.0 Å². The highest BCUT2D eigenvalue weighted by Crippen LogP contribution is 2.17. The molecule has 4 nitrogen and oxygen atoms in total. The maximum Gasteiger partial charge on any atom is 0.185 e. The molecule has 0 atom stereocenters. The maximum atomic E-state index is 12.0. The first-order valence-corrected chi connectivity index (χ1v) is 7.08. The van der Waals surface area contributed by atoms with Crippen LogP contribution < -0.4 is 9.84 Å². The fourth-order valence-electron chi connectivity index (χ4n) is 1.65. The zero-order valence-electron chi connectivity index (χ0n) is 11.4.